The molecule has 7 nitrogen and oxygen atoms in total. The summed E-state index contributed by atoms with van der Waals surface area (Å²) in [6, 6.07) is 14.3. The molecule has 3 heterocycles. The second-order valence-electron chi connectivity index (χ2n) is 7.19. The number of rotatable bonds is 5. The number of aryl methyl sites for hydroxylation is 1. The number of nitrogens with zero attached hydrogens (tertiary/aromatic N) is 2. The molecule has 3 atom stereocenters. The summed E-state index contributed by atoms with van der Waals surface area (Å²) in [4.78, 5) is 14.9. The van der Waals surface area contributed by atoms with Gasteiger partial charge < -0.3 is 19.5 Å². The van der Waals surface area contributed by atoms with Crippen LogP contribution in [0.3, 0.4) is 0 Å². The fourth-order valence-electron chi connectivity index (χ4n) is 3.81. The van der Waals surface area contributed by atoms with Crippen molar-refractivity contribution in [1.29, 1.82) is 0 Å². The highest BCUT2D eigenvalue weighted by atomic mass is 16.5. The zero-order valence-electron chi connectivity index (χ0n) is 15.6. The van der Waals surface area contributed by atoms with Crippen LogP contribution < -0.4 is 21.1 Å². The summed E-state index contributed by atoms with van der Waals surface area (Å²) in [5.41, 5.74) is 8.72. The molecule has 1 aromatic carbocycles. The van der Waals surface area contributed by atoms with E-state index in [9.17, 15) is 4.79 Å². The first kappa shape index (κ1) is 18.0. The average molecular weight is 369 g/mol. The van der Waals surface area contributed by atoms with E-state index < -0.39 is 0 Å². The van der Waals surface area contributed by atoms with Gasteiger partial charge >= 0.3 is 0 Å². The number of ether oxygens (including phenoxy) is 1. The van der Waals surface area contributed by atoms with Crippen molar-refractivity contribution in [3.05, 3.63) is 54.4 Å². The predicted octanol–water partition coefficient (Wildman–Crippen LogP) is 0.954. The number of nitrogens with one attached hydrogen (secondary N) is 3. The Balaban J connectivity index is 1.26. The number of morpholine rings is 1. The van der Waals surface area contributed by atoms with Crippen molar-refractivity contribution in [3.8, 4) is 0 Å². The van der Waals surface area contributed by atoms with Gasteiger partial charge in [0, 0.05) is 44.3 Å². The van der Waals surface area contributed by atoms with E-state index in [1.54, 1.807) is 0 Å². The van der Waals surface area contributed by atoms with Crippen LogP contribution in [0.25, 0.3) is 0 Å². The molecule has 0 spiro atoms. The fourth-order valence-corrected chi connectivity index (χ4v) is 3.81. The van der Waals surface area contributed by atoms with Gasteiger partial charge in [-0.15, -0.1) is 0 Å². The lowest BCUT2D eigenvalue weighted by Gasteiger charge is -2.34. The van der Waals surface area contributed by atoms with Crippen molar-refractivity contribution in [2.45, 2.75) is 24.6 Å². The number of carbonyl (C=O) groups is 1. The van der Waals surface area contributed by atoms with Crippen molar-refractivity contribution in [2.75, 3.05) is 31.1 Å². The SMILES string of the molecule is Cn1cccc1C1CC(C(=O)NCC2CN(c3ccccc3)CCO2)NN1. The number of hydrogen-bond acceptors (Lipinski definition) is 5. The lowest BCUT2D eigenvalue weighted by molar-refractivity contribution is -0.123. The van der Waals surface area contributed by atoms with Gasteiger partial charge in [0.25, 0.3) is 0 Å². The second-order valence-corrected chi connectivity index (χ2v) is 7.19. The maximum absolute atomic E-state index is 12.5. The Morgan fingerprint density at radius 2 is 2.07 bits per heavy atom. The molecule has 3 N–H and O–H groups in total. The van der Waals surface area contributed by atoms with E-state index in [0.29, 0.717) is 13.2 Å². The van der Waals surface area contributed by atoms with Crippen LogP contribution in [-0.2, 0) is 16.6 Å². The third kappa shape index (κ3) is 4.16. The first-order valence-corrected chi connectivity index (χ1v) is 9.52. The average Bonchev–Trinajstić information content (AvgIpc) is 3.36. The zero-order chi connectivity index (χ0) is 18.6. The molecule has 0 aliphatic carbocycles. The quantitative estimate of drug-likeness (QED) is 0.732. The summed E-state index contributed by atoms with van der Waals surface area (Å²) in [5, 5.41) is 3.05. The normalized spacial score (nSPS) is 25.5. The van der Waals surface area contributed by atoms with Crippen LogP contribution in [0, 0.1) is 0 Å². The standard InChI is InChI=1S/C20H27N5O2/c1-24-9-5-8-19(24)17-12-18(23-22-17)20(26)21-13-16-14-25(10-11-27-16)15-6-3-2-4-7-15/h2-9,16-18,22-23H,10-14H2,1H3,(H,21,26). The van der Waals surface area contributed by atoms with Crippen LogP contribution >= 0.6 is 0 Å². The highest BCUT2D eigenvalue weighted by Gasteiger charge is 2.31. The van der Waals surface area contributed by atoms with Gasteiger partial charge in [-0.05, 0) is 30.7 Å². The van der Waals surface area contributed by atoms with Crippen molar-refractivity contribution >= 4 is 11.6 Å². The topological polar surface area (TPSA) is 70.6 Å². The van der Waals surface area contributed by atoms with Crippen LogP contribution in [0.15, 0.2) is 48.7 Å². The Morgan fingerprint density at radius 1 is 1.22 bits per heavy atom. The number of carbonyl (C=O) groups excluding carboxylic acids is 1. The Bertz CT molecular complexity index is 763. The molecule has 27 heavy (non-hydrogen) atoms. The van der Waals surface area contributed by atoms with Gasteiger partial charge in [0.15, 0.2) is 0 Å². The summed E-state index contributed by atoms with van der Waals surface area (Å²) >= 11 is 0. The van der Waals surface area contributed by atoms with Crippen molar-refractivity contribution in [2.24, 2.45) is 7.05 Å². The zero-order valence-corrected chi connectivity index (χ0v) is 15.6. The number of para-hydroxylation sites is 1. The molecule has 4 rings (SSSR count). The fraction of sp³-hybridized carbons (Fsp3) is 0.450. The van der Waals surface area contributed by atoms with E-state index in [0.717, 1.165) is 19.5 Å². The smallest absolute Gasteiger partial charge is 0.238 e. The molecular weight excluding hydrogens is 342 g/mol. The molecule has 1 amide bonds. The monoisotopic (exact) mass is 369 g/mol. The van der Waals surface area contributed by atoms with E-state index in [1.165, 1.54) is 11.4 Å². The van der Waals surface area contributed by atoms with Crippen LogP contribution in [0.5, 0.6) is 0 Å². The first-order valence-electron chi connectivity index (χ1n) is 9.52. The summed E-state index contributed by atoms with van der Waals surface area (Å²) in [6.45, 7) is 2.86. The number of aromatic nitrogens is 1. The van der Waals surface area contributed by atoms with Gasteiger partial charge in [-0.2, -0.15) is 0 Å². The van der Waals surface area contributed by atoms with Gasteiger partial charge in [0.05, 0.1) is 18.8 Å². The molecule has 0 radical (unpaired) electrons. The van der Waals surface area contributed by atoms with Gasteiger partial charge in [0.1, 0.15) is 6.04 Å². The molecule has 2 aliphatic rings. The minimum atomic E-state index is -0.237. The van der Waals surface area contributed by atoms with Gasteiger partial charge in [-0.1, -0.05) is 18.2 Å². The van der Waals surface area contributed by atoms with E-state index in [-0.39, 0.29) is 24.1 Å². The highest BCUT2D eigenvalue weighted by molar-refractivity contribution is 5.82. The number of hydrogen-bond donors (Lipinski definition) is 3. The van der Waals surface area contributed by atoms with Crippen molar-refractivity contribution < 1.29 is 9.53 Å². The minimum absolute atomic E-state index is 0.000869. The maximum Gasteiger partial charge on any atom is 0.238 e. The number of benzene rings is 1. The van der Waals surface area contributed by atoms with Crippen molar-refractivity contribution in [3.63, 3.8) is 0 Å². The third-order valence-electron chi connectivity index (χ3n) is 5.32. The molecule has 2 aliphatic heterocycles. The van der Waals surface area contributed by atoms with Crippen LogP contribution in [0.2, 0.25) is 0 Å². The van der Waals surface area contributed by atoms with Crippen LogP contribution in [0.4, 0.5) is 5.69 Å². The van der Waals surface area contributed by atoms with Crippen molar-refractivity contribution in [1.82, 2.24) is 20.7 Å². The summed E-state index contributed by atoms with van der Waals surface area (Å²) < 4.78 is 7.92. The molecule has 7 heteroatoms. The van der Waals surface area contributed by atoms with Gasteiger partial charge in [0.2, 0.25) is 5.91 Å². The number of anilines is 1. The Hall–Kier alpha value is -2.35. The second kappa shape index (κ2) is 8.12. The Labute approximate surface area is 159 Å². The summed E-state index contributed by atoms with van der Waals surface area (Å²) in [7, 11) is 2.02. The number of amides is 1. The van der Waals surface area contributed by atoms with E-state index in [1.807, 2.05) is 37.5 Å². The molecule has 0 bridgehead atoms. The molecule has 2 saturated heterocycles. The molecule has 144 valence electrons. The summed E-state index contributed by atoms with van der Waals surface area (Å²) in [6.07, 6.45) is 2.75. The highest BCUT2D eigenvalue weighted by Crippen LogP contribution is 2.22. The molecule has 3 unspecified atom stereocenters. The van der Waals surface area contributed by atoms with Crippen LogP contribution in [0.1, 0.15) is 18.2 Å². The lowest BCUT2D eigenvalue weighted by atomic mass is 10.1. The van der Waals surface area contributed by atoms with Crippen LogP contribution in [-0.4, -0.2) is 48.9 Å². The lowest BCUT2D eigenvalue weighted by Crippen LogP contribution is -2.50. The largest absolute Gasteiger partial charge is 0.373 e. The van der Waals surface area contributed by atoms with Gasteiger partial charge in [-0.3, -0.25) is 4.79 Å². The van der Waals surface area contributed by atoms with E-state index in [4.69, 9.17) is 4.74 Å². The number of hydrazine groups is 1. The molecule has 2 aromatic rings. The predicted molar refractivity (Wildman–Crippen MR) is 104 cm³/mol. The Morgan fingerprint density at radius 3 is 2.85 bits per heavy atom. The molecule has 1 aromatic heterocycles. The van der Waals surface area contributed by atoms with E-state index >= 15 is 0 Å². The third-order valence-corrected chi connectivity index (χ3v) is 5.32. The molecule has 0 saturated carbocycles. The molecule has 2 fully saturated rings. The maximum atomic E-state index is 12.5. The minimum Gasteiger partial charge on any atom is -0.373 e. The van der Waals surface area contributed by atoms with E-state index in [2.05, 4.69) is 43.8 Å². The molecular formula is C20H27N5O2. The Kier molecular flexibility index (Phi) is 5.42. The summed E-state index contributed by atoms with van der Waals surface area (Å²) in [5.74, 6) is 0.0136. The van der Waals surface area contributed by atoms with Gasteiger partial charge in [-0.25, -0.2) is 10.9 Å². The first-order chi connectivity index (χ1) is 13.2.